The van der Waals surface area contributed by atoms with E-state index in [4.69, 9.17) is 9.26 Å². The summed E-state index contributed by atoms with van der Waals surface area (Å²) < 4.78 is 10.6. The standard InChI is InChI=1S/C17H27N3O3/c1-14-12-16(23-18-14)13-17(21)20-6-3-2-4-15(20)5-7-19-8-10-22-11-9-19/h12,15H,2-11,13H2,1H3/t15-/m1/s1. The molecule has 2 fully saturated rings. The summed E-state index contributed by atoms with van der Waals surface area (Å²) in [6.45, 7) is 7.49. The molecule has 3 heterocycles. The van der Waals surface area contributed by atoms with Crippen molar-refractivity contribution in [2.24, 2.45) is 0 Å². The minimum absolute atomic E-state index is 0.174. The molecular weight excluding hydrogens is 294 g/mol. The number of aryl methyl sites for hydroxylation is 1. The number of nitrogens with zero attached hydrogens (tertiary/aromatic N) is 3. The highest BCUT2D eigenvalue weighted by molar-refractivity contribution is 5.78. The minimum atomic E-state index is 0.174. The molecule has 6 heteroatoms. The van der Waals surface area contributed by atoms with Crippen LogP contribution in [-0.2, 0) is 16.0 Å². The van der Waals surface area contributed by atoms with Gasteiger partial charge in [0.1, 0.15) is 5.76 Å². The summed E-state index contributed by atoms with van der Waals surface area (Å²) in [6, 6.07) is 2.22. The molecule has 3 rings (SSSR count). The predicted octanol–water partition coefficient (Wildman–Crippen LogP) is 1.63. The van der Waals surface area contributed by atoms with Crippen LogP contribution in [0.3, 0.4) is 0 Å². The van der Waals surface area contributed by atoms with Crippen molar-refractivity contribution < 1.29 is 14.1 Å². The van der Waals surface area contributed by atoms with E-state index >= 15 is 0 Å². The highest BCUT2D eigenvalue weighted by Gasteiger charge is 2.27. The van der Waals surface area contributed by atoms with Gasteiger partial charge in [-0.05, 0) is 32.6 Å². The van der Waals surface area contributed by atoms with Crippen molar-refractivity contribution in [3.8, 4) is 0 Å². The van der Waals surface area contributed by atoms with Gasteiger partial charge in [-0.25, -0.2) is 0 Å². The van der Waals surface area contributed by atoms with Crippen LogP contribution in [0.5, 0.6) is 0 Å². The average Bonchev–Trinajstić information content (AvgIpc) is 2.99. The van der Waals surface area contributed by atoms with Crippen molar-refractivity contribution in [1.82, 2.24) is 15.0 Å². The number of aromatic nitrogens is 1. The molecule has 1 amide bonds. The van der Waals surface area contributed by atoms with Crippen LogP contribution in [0.15, 0.2) is 10.6 Å². The maximum absolute atomic E-state index is 12.6. The zero-order chi connectivity index (χ0) is 16.1. The summed E-state index contributed by atoms with van der Waals surface area (Å²) in [5.41, 5.74) is 0.829. The van der Waals surface area contributed by atoms with Gasteiger partial charge in [-0.2, -0.15) is 0 Å². The molecule has 23 heavy (non-hydrogen) atoms. The Labute approximate surface area is 137 Å². The van der Waals surface area contributed by atoms with Crippen LogP contribution in [0.4, 0.5) is 0 Å². The Morgan fingerprint density at radius 3 is 2.87 bits per heavy atom. The fraction of sp³-hybridized carbons (Fsp3) is 0.765. The van der Waals surface area contributed by atoms with Crippen LogP contribution in [0, 0.1) is 6.92 Å². The van der Waals surface area contributed by atoms with Crippen molar-refractivity contribution in [3.05, 3.63) is 17.5 Å². The maximum Gasteiger partial charge on any atom is 0.230 e. The second kappa shape index (κ2) is 7.93. The Hall–Kier alpha value is -1.40. The van der Waals surface area contributed by atoms with Crippen molar-refractivity contribution in [1.29, 1.82) is 0 Å². The van der Waals surface area contributed by atoms with Crippen LogP contribution in [0.25, 0.3) is 0 Å². The summed E-state index contributed by atoms with van der Waals surface area (Å²) >= 11 is 0. The third-order valence-electron chi connectivity index (χ3n) is 4.83. The average molecular weight is 321 g/mol. The van der Waals surface area contributed by atoms with E-state index in [0.717, 1.165) is 64.3 Å². The third-order valence-corrected chi connectivity index (χ3v) is 4.83. The molecule has 1 aromatic rings. The third kappa shape index (κ3) is 4.54. The first-order valence-electron chi connectivity index (χ1n) is 8.74. The number of carbonyl (C=O) groups is 1. The smallest absolute Gasteiger partial charge is 0.230 e. The summed E-state index contributed by atoms with van der Waals surface area (Å²) in [5.74, 6) is 0.845. The van der Waals surface area contributed by atoms with Crippen molar-refractivity contribution in [2.75, 3.05) is 39.4 Å². The first-order chi connectivity index (χ1) is 11.2. The second-order valence-corrected chi connectivity index (χ2v) is 6.59. The first-order valence-corrected chi connectivity index (χ1v) is 8.74. The lowest BCUT2D eigenvalue weighted by molar-refractivity contribution is -0.134. The number of carbonyl (C=O) groups excluding carboxylic acids is 1. The summed E-state index contributed by atoms with van der Waals surface area (Å²) in [4.78, 5) is 17.2. The molecule has 1 atom stereocenters. The van der Waals surface area contributed by atoms with Crippen LogP contribution in [-0.4, -0.2) is 66.3 Å². The van der Waals surface area contributed by atoms with Gasteiger partial charge in [-0.15, -0.1) is 0 Å². The molecular formula is C17H27N3O3. The molecule has 0 bridgehead atoms. The summed E-state index contributed by atoms with van der Waals surface area (Å²) in [6.07, 6.45) is 4.83. The normalized spacial score (nSPS) is 23.2. The quantitative estimate of drug-likeness (QED) is 0.825. The molecule has 1 aromatic heterocycles. The van der Waals surface area contributed by atoms with E-state index < -0.39 is 0 Å². The van der Waals surface area contributed by atoms with Gasteiger partial charge >= 0.3 is 0 Å². The molecule has 2 aliphatic rings. The largest absolute Gasteiger partial charge is 0.379 e. The Bertz CT molecular complexity index is 511. The van der Waals surface area contributed by atoms with Gasteiger partial charge in [-0.1, -0.05) is 5.16 Å². The van der Waals surface area contributed by atoms with E-state index in [1.165, 1.54) is 6.42 Å². The van der Waals surface area contributed by atoms with E-state index in [0.29, 0.717) is 18.2 Å². The molecule has 2 saturated heterocycles. The van der Waals surface area contributed by atoms with Gasteiger partial charge in [-0.3, -0.25) is 9.69 Å². The molecule has 0 aliphatic carbocycles. The lowest BCUT2D eigenvalue weighted by Gasteiger charge is -2.37. The van der Waals surface area contributed by atoms with E-state index in [-0.39, 0.29) is 5.91 Å². The fourth-order valence-corrected chi connectivity index (χ4v) is 3.54. The molecule has 6 nitrogen and oxygen atoms in total. The van der Waals surface area contributed by atoms with Crippen LogP contribution in [0.2, 0.25) is 0 Å². The number of ether oxygens (including phenoxy) is 1. The number of hydrogen-bond acceptors (Lipinski definition) is 5. The van der Waals surface area contributed by atoms with Crippen LogP contribution >= 0.6 is 0 Å². The maximum atomic E-state index is 12.6. The van der Waals surface area contributed by atoms with Crippen molar-refractivity contribution in [3.63, 3.8) is 0 Å². The molecule has 0 N–H and O–H groups in total. The SMILES string of the molecule is Cc1cc(CC(=O)N2CCCC[C@@H]2CCN2CCOCC2)on1. The van der Waals surface area contributed by atoms with E-state index in [1.54, 1.807) is 0 Å². The number of hydrogen-bond donors (Lipinski definition) is 0. The van der Waals surface area contributed by atoms with Gasteiger partial charge in [0, 0.05) is 38.3 Å². The van der Waals surface area contributed by atoms with Gasteiger partial charge in [0.25, 0.3) is 0 Å². The lowest BCUT2D eigenvalue weighted by Crippen LogP contribution is -2.46. The van der Waals surface area contributed by atoms with Crippen LogP contribution < -0.4 is 0 Å². The zero-order valence-corrected chi connectivity index (χ0v) is 14.0. The fourth-order valence-electron chi connectivity index (χ4n) is 3.54. The van der Waals surface area contributed by atoms with Gasteiger partial charge in [0.05, 0.1) is 25.3 Å². The molecule has 128 valence electrons. The number of piperidine rings is 1. The number of rotatable bonds is 5. The van der Waals surface area contributed by atoms with Gasteiger partial charge in [0.15, 0.2) is 0 Å². The van der Waals surface area contributed by atoms with Crippen molar-refractivity contribution in [2.45, 2.75) is 45.1 Å². The molecule has 0 radical (unpaired) electrons. The Morgan fingerprint density at radius 2 is 2.13 bits per heavy atom. The van der Waals surface area contributed by atoms with E-state index in [1.807, 2.05) is 13.0 Å². The summed E-state index contributed by atoms with van der Waals surface area (Å²) in [5, 5.41) is 3.87. The first kappa shape index (κ1) is 16.5. The number of morpholine rings is 1. The molecule has 0 spiro atoms. The molecule has 0 saturated carbocycles. The zero-order valence-electron chi connectivity index (χ0n) is 14.0. The minimum Gasteiger partial charge on any atom is -0.379 e. The second-order valence-electron chi connectivity index (χ2n) is 6.59. The summed E-state index contributed by atoms with van der Waals surface area (Å²) in [7, 11) is 0. The topological polar surface area (TPSA) is 58.8 Å². The highest BCUT2D eigenvalue weighted by Crippen LogP contribution is 2.21. The Kier molecular flexibility index (Phi) is 5.67. The van der Waals surface area contributed by atoms with Gasteiger partial charge < -0.3 is 14.2 Å². The Morgan fingerprint density at radius 1 is 1.30 bits per heavy atom. The predicted molar refractivity (Wildman–Crippen MR) is 86.2 cm³/mol. The number of likely N-dealkylation sites (tertiary alicyclic amines) is 1. The van der Waals surface area contributed by atoms with Crippen LogP contribution in [0.1, 0.15) is 37.1 Å². The van der Waals surface area contributed by atoms with E-state index in [9.17, 15) is 4.79 Å². The highest BCUT2D eigenvalue weighted by atomic mass is 16.5. The molecule has 0 aromatic carbocycles. The van der Waals surface area contributed by atoms with Crippen molar-refractivity contribution >= 4 is 5.91 Å². The lowest BCUT2D eigenvalue weighted by atomic mass is 9.98. The Balaban J connectivity index is 1.53. The monoisotopic (exact) mass is 321 g/mol. The van der Waals surface area contributed by atoms with E-state index in [2.05, 4.69) is 15.0 Å². The molecule has 0 unspecified atom stereocenters. The number of amides is 1. The molecule has 2 aliphatic heterocycles. The van der Waals surface area contributed by atoms with Gasteiger partial charge in [0.2, 0.25) is 5.91 Å².